The van der Waals surface area contributed by atoms with Gasteiger partial charge in [-0.15, -0.1) is 12.4 Å². The predicted octanol–water partition coefficient (Wildman–Crippen LogP) is 14.9. The number of nitriles is 3. The van der Waals surface area contributed by atoms with Crippen LogP contribution in [0.2, 0.25) is 0 Å². The molecule has 0 radical (unpaired) electrons. The normalized spacial score (nSPS) is 12.0. The summed E-state index contributed by atoms with van der Waals surface area (Å²) < 4.78 is 7.12. The number of amidine groups is 1. The summed E-state index contributed by atoms with van der Waals surface area (Å²) >= 11 is 28.8. The van der Waals surface area contributed by atoms with Crippen LogP contribution in [0.1, 0.15) is 205 Å². The number of aliphatic carboxylic acids is 1. The molecule has 0 atom stereocenters. The van der Waals surface area contributed by atoms with Crippen molar-refractivity contribution in [2.45, 2.75) is 183 Å². The molecule has 0 saturated carbocycles. The molecule has 608 valence electrons. The van der Waals surface area contributed by atoms with E-state index in [-0.39, 0.29) is 93.6 Å². The summed E-state index contributed by atoms with van der Waals surface area (Å²) in [6.07, 6.45) is 14.5. The van der Waals surface area contributed by atoms with Crippen molar-refractivity contribution in [3.05, 3.63) is 147 Å². The van der Waals surface area contributed by atoms with Crippen LogP contribution in [0, 0.1) is 44.8 Å². The van der Waals surface area contributed by atoms with Gasteiger partial charge in [-0.05, 0) is 100 Å². The largest absolute Gasteiger partial charge is 0.477 e. The van der Waals surface area contributed by atoms with Crippen molar-refractivity contribution in [2.24, 2.45) is 22.6 Å². The molecule has 6 aromatic heterocycles. The van der Waals surface area contributed by atoms with Crippen molar-refractivity contribution in [3.8, 4) is 29.5 Å². The fourth-order valence-electron chi connectivity index (χ4n) is 7.01. The number of amides is 1. The molecule has 0 fully saturated rings. The molecule has 2 aliphatic heterocycles. The second-order valence-corrected chi connectivity index (χ2v) is 35.6. The summed E-state index contributed by atoms with van der Waals surface area (Å²) in [6, 6.07) is 9.42. The number of nitrogens with two attached hydrogens (primary N) is 3. The second-order valence-electron chi connectivity index (χ2n) is 28.6. The van der Waals surface area contributed by atoms with Crippen LogP contribution in [0.3, 0.4) is 0 Å². The molecule has 2 aliphatic rings. The monoisotopic (exact) mass is 2000 g/mol. The summed E-state index contributed by atoms with van der Waals surface area (Å²) in [4.78, 5) is 118. The van der Waals surface area contributed by atoms with Crippen LogP contribution < -0.4 is 28.1 Å². The first-order valence-electron chi connectivity index (χ1n) is 32.8. The van der Waals surface area contributed by atoms with Crippen LogP contribution >= 0.6 is 144 Å². The zero-order valence-electron chi connectivity index (χ0n) is 65.4. The summed E-state index contributed by atoms with van der Waals surface area (Å²) in [5.74, 6) is 0.810. The highest BCUT2D eigenvalue weighted by Crippen LogP contribution is 2.30. The number of aldehydes is 2. The lowest BCUT2D eigenvalue weighted by Gasteiger charge is -2.20. The van der Waals surface area contributed by atoms with Crippen LogP contribution in [-0.4, -0.2) is 140 Å². The van der Waals surface area contributed by atoms with E-state index in [4.69, 9.17) is 44.1 Å². The van der Waals surface area contributed by atoms with Crippen molar-refractivity contribution >= 4 is 202 Å². The number of nitrogens with one attached hydrogen (secondary N) is 2. The summed E-state index contributed by atoms with van der Waals surface area (Å²) in [5, 5.41) is 55.6. The molecule has 10 N–H and O–H groups in total. The van der Waals surface area contributed by atoms with Crippen molar-refractivity contribution in [1.29, 1.82) is 21.2 Å². The van der Waals surface area contributed by atoms with Gasteiger partial charge in [-0.2, -0.15) is 15.8 Å². The number of pyridine rings is 1. The third-order valence-electron chi connectivity index (χ3n) is 12.8. The first-order chi connectivity index (χ1) is 51.1. The molecule has 8 rings (SSSR count). The van der Waals surface area contributed by atoms with Crippen LogP contribution in [0.25, 0.3) is 16.8 Å². The Morgan fingerprint density at radius 3 is 1.49 bits per heavy atom. The number of carboxylic acid groups (broad SMARTS) is 2. The number of carboxylic acids is 2. The highest BCUT2D eigenvalue weighted by Gasteiger charge is 2.27. The number of thioether (sulfide) groups is 1. The molecular formula is C73H94Br6ClN19O10S3. The number of thiocarbonyl (C=S) groups is 2. The number of hydrogen-bond acceptors (Lipinski definition) is 25. The van der Waals surface area contributed by atoms with E-state index >= 15 is 0 Å². The average Bonchev–Trinajstić information content (AvgIpc) is 1.41. The summed E-state index contributed by atoms with van der Waals surface area (Å²) in [6.45, 7) is 38.9. The van der Waals surface area contributed by atoms with Gasteiger partial charge in [-0.25, -0.2) is 54.4 Å². The van der Waals surface area contributed by atoms with E-state index in [0.29, 0.717) is 74.5 Å². The molecule has 0 bridgehead atoms. The number of aromatic carboxylic acids is 1. The maximum Gasteiger partial charge on any atom is 0.355 e. The highest BCUT2D eigenvalue weighted by atomic mass is 79.9. The number of ether oxygens (including phenoxy) is 1. The van der Waals surface area contributed by atoms with Crippen LogP contribution in [0.4, 0.5) is 0 Å². The standard InChI is InChI=1S/C15H15N5OS.C15H15N3OS.C9H11BrN2O2.C9H12N2O.C8H11BrN2.C5H12N2.C5H7NO2.C4H2Br2O3.C2H4Br2.CH4N2S.ClH/c1-15(2,3)13-17-7-9(8-18-13)11-10(6-16)12(21)20-4-5-22-14(20)19-11;1-15(2,3)12-5-4-9(8-17-12)10-6-13(20)18-14(19)11(10)7-16;1-9(2,3)8-11-4-5(10)6(12-8)7(13)14;1-9(2,3)8-10-4-7(6-12)5-11-8;1-8(2,3)7-10-4-6(9)5-11-7;1-5(2,3)4(6)7;1-2-8-5(7)3-4-6;5-2(1-7)3(6)4(8)9;3-1-2-4;2-1(3)4;/h7-8H,4-5H2,1-3H3;4-5,8H,6H2,1-3H3,(H,18,19,20);4H,1-3H3,(H,13,14);4-6H,1-3H3;4-5H,1-3H3;1-3H3,(H3,6,7);2-3H2,1H3;1H,(H,8,9);1-2H2;(H4,2,3,4);1H/b;;;;;;;3-2-;;;. The van der Waals surface area contributed by atoms with Gasteiger partial charge in [0.25, 0.3) is 11.5 Å². The zero-order valence-corrected chi connectivity index (χ0v) is 78.2. The highest BCUT2D eigenvalue weighted by molar-refractivity contribution is 9.14. The third-order valence-corrected chi connectivity index (χ3v) is 18.7. The number of halogens is 7. The Morgan fingerprint density at radius 1 is 0.696 bits per heavy atom. The molecule has 112 heavy (non-hydrogen) atoms. The second kappa shape index (κ2) is 51.9. The molecule has 29 nitrogen and oxygen atoms in total. The molecule has 6 aromatic rings. The molecule has 1 amide bonds. The molecule has 0 spiro atoms. The SMILES string of the molecule is BrCCBr.CC(C)(C)C(=N)N.CC(C)(C)c1ccc(C2=C(C#N)C(=O)NC(=S)C2)cn1.CC(C)(C)c1ncc(-c2nc3n(c(=O)c2C#N)CCS3)cn1.CC(C)(C)c1ncc(Br)c(C(=O)O)n1.CC(C)(C)c1ncc(Br)cn1.CC(C)(C)c1ncc(C=O)cn1.CCOC(=O)CC#N.Cl.NC(N)=S.O=C/C(Br)=C(/Br)C(=O)O. The van der Waals surface area contributed by atoms with Crippen molar-refractivity contribution < 1.29 is 43.7 Å². The summed E-state index contributed by atoms with van der Waals surface area (Å²) in [5.41, 5.74) is 17.6. The van der Waals surface area contributed by atoms with E-state index in [9.17, 15) is 38.8 Å². The van der Waals surface area contributed by atoms with Crippen LogP contribution in [0.5, 0.6) is 0 Å². The van der Waals surface area contributed by atoms with Gasteiger partial charge in [0.1, 0.15) is 57.5 Å². The van der Waals surface area contributed by atoms with Gasteiger partial charge in [-0.1, -0.05) is 187 Å². The number of hydrogen-bond donors (Lipinski definition) is 7. The average molecular weight is 2010 g/mol. The number of carbonyl (C=O) groups is 6. The number of allylic oxidation sites excluding steroid dienone is 1. The minimum absolute atomic E-state index is 0. The van der Waals surface area contributed by atoms with Gasteiger partial charge in [0.15, 0.2) is 28.5 Å². The Hall–Kier alpha value is -7.71. The minimum Gasteiger partial charge on any atom is -0.477 e. The van der Waals surface area contributed by atoms with E-state index in [0.717, 1.165) is 50.1 Å². The topological polar surface area (TPSA) is 488 Å². The number of aromatic nitrogens is 11. The molecule has 0 aromatic carbocycles. The van der Waals surface area contributed by atoms with Crippen LogP contribution in [0.15, 0.2) is 95.1 Å². The smallest absolute Gasteiger partial charge is 0.355 e. The lowest BCUT2D eigenvalue weighted by molar-refractivity contribution is -0.142. The molecule has 0 aliphatic carbocycles. The molecule has 0 unspecified atom stereocenters. The Morgan fingerprint density at radius 2 is 1.14 bits per heavy atom. The molecule has 0 saturated heterocycles. The fourth-order valence-corrected chi connectivity index (χ4v) is 9.02. The number of carbonyl (C=O) groups excluding carboxylic acids is 4. The van der Waals surface area contributed by atoms with E-state index in [1.807, 2.05) is 107 Å². The van der Waals surface area contributed by atoms with Gasteiger partial charge >= 0.3 is 17.9 Å². The lowest BCUT2D eigenvalue weighted by Crippen LogP contribution is -2.34. The van der Waals surface area contributed by atoms with E-state index in [1.54, 1.807) is 60.9 Å². The Bertz CT molecular complexity index is 4420. The van der Waals surface area contributed by atoms with E-state index < -0.39 is 23.8 Å². The maximum absolute atomic E-state index is 12.4. The fraction of sp³-hybridized carbons (Fsp3) is 0.438. The number of fused-ring (bicyclic) bond motifs is 1. The molecule has 39 heteroatoms. The van der Waals surface area contributed by atoms with Gasteiger partial charge in [-0.3, -0.25) is 38.9 Å². The zero-order chi connectivity index (χ0) is 86.3. The van der Waals surface area contributed by atoms with Crippen molar-refractivity contribution in [3.63, 3.8) is 0 Å². The third kappa shape index (κ3) is 41.9. The molecule has 8 heterocycles. The summed E-state index contributed by atoms with van der Waals surface area (Å²) in [7, 11) is 0. The van der Waals surface area contributed by atoms with Gasteiger partial charge in [0, 0.05) is 123 Å². The predicted molar refractivity (Wildman–Crippen MR) is 467 cm³/mol. The minimum atomic E-state index is -1.17. The first kappa shape index (κ1) is 108. The maximum atomic E-state index is 12.4. The Labute approximate surface area is 725 Å². The first-order valence-corrected chi connectivity index (χ1v) is 40.1. The lowest BCUT2D eigenvalue weighted by atomic mass is 9.90. The number of rotatable bonds is 9. The number of alkyl halides is 2. The van der Waals surface area contributed by atoms with Crippen molar-refractivity contribution in [2.75, 3.05) is 23.0 Å². The van der Waals surface area contributed by atoms with Gasteiger partial charge in [0.05, 0.1) is 48.2 Å². The van der Waals surface area contributed by atoms with Crippen molar-refractivity contribution in [1.82, 2.24) is 59.7 Å². The van der Waals surface area contributed by atoms with Gasteiger partial charge < -0.3 is 37.5 Å². The quantitative estimate of drug-likeness (QED) is 0.0103. The Balaban J connectivity index is -0.00000123. The molecular weight excluding hydrogens is 1910 g/mol. The van der Waals surface area contributed by atoms with Gasteiger partial charge in [0.2, 0.25) is 0 Å². The Kier molecular flexibility index (Phi) is 50.3. The number of esters is 1. The van der Waals surface area contributed by atoms with E-state index in [2.05, 4.69) is 221 Å². The van der Waals surface area contributed by atoms with Crippen LogP contribution in [-0.2, 0) is 57.5 Å². The van der Waals surface area contributed by atoms with E-state index in [1.165, 1.54) is 18.0 Å². The number of nitrogens with zero attached hydrogens (tertiary/aromatic N) is 14.